The molecule has 0 atom stereocenters. The second kappa shape index (κ2) is 23.3. The van der Waals surface area contributed by atoms with E-state index in [9.17, 15) is 14.4 Å². The topological polar surface area (TPSA) is 96.0 Å². The van der Waals surface area contributed by atoms with Crippen LogP contribution in [0.4, 0.5) is 13.2 Å². The maximum atomic E-state index is 17.6. The number of halogens is 3. The normalized spacial score (nSPS) is 11.2. The van der Waals surface area contributed by atoms with Crippen molar-refractivity contribution in [2.45, 2.75) is 38.5 Å². The van der Waals surface area contributed by atoms with E-state index in [1.165, 1.54) is 18.2 Å². The highest BCUT2D eigenvalue weighted by atomic mass is 31.2. The van der Waals surface area contributed by atoms with Crippen LogP contribution < -0.4 is 13.6 Å². The molecule has 0 heterocycles. The van der Waals surface area contributed by atoms with Crippen LogP contribution in [0.3, 0.4) is 0 Å². The van der Waals surface area contributed by atoms with Gasteiger partial charge < -0.3 is 13.6 Å². The van der Waals surface area contributed by atoms with Crippen LogP contribution in [0.15, 0.2) is 200 Å². The predicted octanol–water partition coefficient (Wildman–Crippen LogP) is 14.7. The maximum absolute atomic E-state index is 17.6. The van der Waals surface area contributed by atoms with Gasteiger partial charge in [-0.15, -0.1) is 0 Å². The third-order valence-electron chi connectivity index (χ3n) is 12.7. The Morgan fingerprint density at radius 2 is 0.527 bits per heavy atom. The number of rotatable bonds is 21. The summed E-state index contributed by atoms with van der Waals surface area (Å²) >= 11 is 0. The minimum absolute atomic E-state index is 0.0254. The van der Waals surface area contributed by atoms with Gasteiger partial charge in [-0.1, -0.05) is 182 Å². The molecule has 368 valence electrons. The minimum Gasteiger partial charge on any atom is -0.383 e. The molecule has 0 saturated heterocycles. The Labute approximate surface area is 427 Å². The van der Waals surface area contributed by atoms with E-state index >= 15 is 17.7 Å². The Morgan fingerprint density at radius 3 is 0.730 bits per heavy atom. The molecule has 9 aromatic carbocycles. The summed E-state index contributed by atoms with van der Waals surface area (Å²) in [6, 6.07) is 57.4. The largest absolute Gasteiger partial charge is 0.647 e. The Balaban J connectivity index is 1.26. The van der Waals surface area contributed by atoms with Crippen molar-refractivity contribution in [2.24, 2.45) is 0 Å². The zero-order chi connectivity index (χ0) is 51.4. The number of aldehydes is 3. The van der Waals surface area contributed by atoms with E-state index in [0.29, 0.717) is 35.5 Å². The van der Waals surface area contributed by atoms with E-state index in [4.69, 9.17) is 13.6 Å². The monoisotopic (exact) mass is 1000 g/mol. The number of benzene rings is 9. The summed E-state index contributed by atoms with van der Waals surface area (Å²) in [6.07, 6.45) is 1.63. The fraction of sp³-hybridized carbons (Fsp3) is 0.0952. The fourth-order valence-electron chi connectivity index (χ4n) is 9.14. The molecule has 0 unspecified atom stereocenters. The molecule has 7 nitrogen and oxygen atoms in total. The van der Waals surface area contributed by atoms with Gasteiger partial charge in [0.2, 0.25) is 0 Å². The lowest BCUT2D eigenvalue weighted by Crippen LogP contribution is -2.15. The molecule has 74 heavy (non-hydrogen) atoms. The second-order valence-electron chi connectivity index (χ2n) is 17.8. The van der Waals surface area contributed by atoms with Crippen LogP contribution in [0.5, 0.6) is 17.2 Å². The molecule has 0 N–H and O–H groups in total. The van der Waals surface area contributed by atoms with Gasteiger partial charge in [-0.3, -0.25) is 14.4 Å². The van der Waals surface area contributed by atoms with E-state index in [0.717, 1.165) is 16.7 Å². The highest BCUT2D eigenvalue weighted by Crippen LogP contribution is 2.53. The number of hydrogen-bond donors (Lipinski definition) is 0. The molecule has 0 aliphatic rings. The number of hydrogen-bond acceptors (Lipinski definition) is 7. The molecule has 0 saturated carbocycles. The van der Waals surface area contributed by atoms with Crippen LogP contribution in [0.25, 0.3) is 0 Å². The number of phosphoric ester groups is 1. The molecule has 9 aromatic rings. The highest BCUT2D eigenvalue weighted by molar-refractivity contribution is 7.49. The summed E-state index contributed by atoms with van der Waals surface area (Å²) in [4.78, 5) is 39.1. The van der Waals surface area contributed by atoms with Gasteiger partial charge in [0.05, 0.1) is 0 Å². The Morgan fingerprint density at radius 1 is 0.324 bits per heavy atom. The van der Waals surface area contributed by atoms with Crippen molar-refractivity contribution in [1.29, 1.82) is 0 Å². The molecule has 9 rings (SSSR count). The van der Waals surface area contributed by atoms with E-state index in [2.05, 4.69) is 0 Å². The molecule has 0 fully saturated rings. The predicted molar refractivity (Wildman–Crippen MR) is 280 cm³/mol. The first-order valence-corrected chi connectivity index (χ1v) is 25.4. The van der Waals surface area contributed by atoms with Crippen molar-refractivity contribution in [1.82, 2.24) is 0 Å². The molecular formula is C63H48F3O7P. The highest BCUT2D eigenvalue weighted by Gasteiger charge is 2.39. The zero-order valence-electron chi connectivity index (χ0n) is 40.0. The van der Waals surface area contributed by atoms with Crippen molar-refractivity contribution in [2.75, 3.05) is 0 Å². The van der Waals surface area contributed by atoms with E-state index in [1.807, 2.05) is 91.0 Å². The van der Waals surface area contributed by atoms with Gasteiger partial charge in [0.1, 0.15) is 0 Å². The molecule has 0 spiro atoms. The first-order valence-electron chi connectivity index (χ1n) is 23.9. The first kappa shape index (κ1) is 50.4. The summed E-state index contributed by atoms with van der Waals surface area (Å²) in [5.41, 5.74) is 4.78. The maximum Gasteiger partial charge on any atom is 0.647 e. The smallest absolute Gasteiger partial charge is 0.383 e. The van der Waals surface area contributed by atoms with Crippen molar-refractivity contribution in [3.05, 3.63) is 301 Å². The van der Waals surface area contributed by atoms with Crippen molar-refractivity contribution < 1.29 is 45.7 Å². The van der Waals surface area contributed by atoms with Crippen LogP contribution in [-0.4, -0.2) is 18.9 Å². The number of phosphoric acid groups is 1. The summed E-state index contributed by atoms with van der Waals surface area (Å²) < 4.78 is 87.4. The molecule has 0 bridgehead atoms. The molecular weight excluding hydrogens is 957 g/mol. The van der Waals surface area contributed by atoms with Crippen LogP contribution >= 0.6 is 7.82 Å². The third-order valence-corrected chi connectivity index (χ3v) is 14.0. The average molecular weight is 1010 g/mol. The molecule has 0 amide bonds. The number of carbonyl (C=O) groups is 3. The van der Waals surface area contributed by atoms with Gasteiger partial charge in [0.15, 0.2) is 53.6 Å². The van der Waals surface area contributed by atoms with Crippen LogP contribution in [0.1, 0.15) is 97.8 Å². The lowest BCUT2D eigenvalue weighted by molar-refractivity contribution is 0.111. The summed E-state index contributed by atoms with van der Waals surface area (Å²) in [5, 5.41) is 0. The minimum atomic E-state index is -5.64. The first-order chi connectivity index (χ1) is 36.1. The number of carbonyl (C=O) groups excluding carboxylic acids is 3. The second-order valence-corrected chi connectivity index (χ2v) is 19.2. The molecule has 11 heteroatoms. The van der Waals surface area contributed by atoms with Crippen LogP contribution in [-0.2, 0) is 43.1 Å². The Bertz CT molecular complexity index is 3100. The fourth-order valence-corrected chi connectivity index (χ4v) is 10.4. The van der Waals surface area contributed by atoms with Gasteiger partial charge in [-0.2, -0.15) is 4.57 Å². The summed E-state index contributed by atoms with van der Waals surface area (Å²) in [5.74, 6) is -5.40. The third kappa shape index (κ3) is 11.8. The van der Waals surface area contributed by atoms with E-state index in [1.54, 1.807) is 91.0 Å². The van der Waals surface area contributed by atoms with Gasteiger partial charge in [0, 0.05) is 52.6 Å². The van der Waals surface area contributed by atoms with Crippen molar-refractivity contribution >= 4 is 26.7 Å². The van der Waals surface area contributed by atoms with E-state index in [-0.39, 0.29) is 88.6 Å². The van der Waals surface area contributed by atoms with Gasteiger partial charge in [-0.25, -0.2) is 13.2 Å². The van der Waals surface area contributed by atoms with Gasteiger partial charge >= 0.3 is 7.82 Å². The molecule has 0 radical (unpaired) electrons. The van der Waals surface area contributed by atoms with Crippen molar-refractivity contribution in [3.63, 3.8) is 0 Å². The van der Waals surface area contributed by atoms with E-state index < -0.39 is 42.5 Å². The summed E-state index contributed by atoms with van der Waals surface area (Å²) in [7, 11) is -5.64. The molecule has 0 aliphatic heterocycles. The molecule has 0 aliphatic carbocycles. The van der Waals surface area contributed by atoms with Crippen molar-refractivity contribution in [3.8, 4) is 17.2 Å². The SMILES string of the molecule is O=Cc1c(Cc2ccccc2)cc(OP(=O)(Oc2cc(Cc3ccccc3)c(C=O)c(Cc3ccccc3)c2F)Oc2cc(Cc3ccccc3)c(C=O)c(Cc3ccccc3)c2F)c(F)c1Cc1ccccc1. The molecule has 0 aromatic heterocycles. The van der Waals surface area contributed by atoms with Gasteiger partial charge in [-0.05, 0) is 87.5 Å². The quantitative estimate of drug-likeness (QED) is 0.0522. The zero-order valence-corrected chi connectivity index (χ0v) is 40.9. The van der Waals surface area contributed by atoms with Gasteiger partial charge in [0.25, 0.3) is 0 Å². The lowest BCUT2D eigenvalue weighted by Gasteiger charge is -2.24. The summed E-state index contributed by atoms with van der Waals surface area (Å²) in [6.45, 7) is 0. The average Bonchev–Trinajstić information content (AvgIpc) is 3.42. The lowest BCUT2D eigenvalue weighted by atomic mass is 9.92. The van der Waals surface area contributed by atoms with Crippen LogP contribution in [0, 0.1) is 17.5 Å². The standard InChI is InChI=1S/C63H48F3O7P/c64-61-52(34-46-25-13-4-14-26-46)55(40-67)49(31-43-19-7-1-8-20-43)37-58(61)71-74(70,72-59-38-50(32-44-21-9-2-10-22-44)56(41-68)53(62(59)65)35-47-27-15-5-16-28-47)73-60-39-51(33-45-23-11-3-12-24-45)57(42-69)54(63(60)66)36-48-29-17-6-18-30-48/h1-30,37-42H,31-36H2. The Hall–Kier alpha value is -8.59. The van der Waals surface area contributed by atoms with Crippen LogP contribution in [0.2, 0.25) is 0 Å². The Kier molecular flexibility index (Phi) is 15.9.